The lowest BCUT2D eigenvalue weighted by Gasteiger charge is -2.37. The zero-order chi connectivity index (χ0) is 20.3. The van der Waals surface area contributed by atoms with Crippen LogP contribution in [0.5, 0.6) is 0 Å². The number of ether oxygens (including phenoxy) is 1. The summed E-state index contributed by atoms with van der Waals surface area (Å²) in [4.78, 5) is 21.9. The highest BCUT2D eigenvalue weighted by molar-refractivity contribution is 5.67. The molecule has 162 valence electrons. The number of carbonyl (C=O) groups excluding carboxylic acids is 1. The third kappa shape index (κ3) is 7.61. The molecule has 0 radical (unpaired) electrons. The van der Waals surface area contributed by atoms with Crippen LogP contribution >= 0.6 is 0 Å². The quantitative estimate of drug-likeness (QED) is 0.635. The van der Waals surface area contributed by atoms with Gasteiger partial charge in [0.05, 0.1) is 0 Å². The molecule has 3 rings (SSSR count). The lowest BCUT2D eigenvalue weighted by molar-refractivity contribution is 0.0823. The molecule has 1 aromatic rings. The summed E-state index contributed by atoms with van der Waals surface area (Å²) in [5.41, 5.74) is 1.03. The summed E-state index contributed by atoms with van der Waals surface area (Å²) in [6, 6.07) is 9.86. The van der Waals surface area contributed by atoms with E-state index in [0.717, 1.165) is 44.8 Å². The van der Waals surface area contributed by atoms with Gasteiger partial charge in [0.2, 0.25) is 0 Å². The van der Waals surface area contributed by atoms with E-state index in [9.17, 15) is 4.79 Å². The highest BCUT2D eigenvalue weighted by Crippen LogP contribution is 2.09. The molecule has 2 fully saturated rings. The molecule has 2 saturated heterocycles. The molecule has 0 saturated carbocycles. The van der Waals surface area contributed by atoms with Crippen molar-refractivity contribution in [3.8, 4) is 0 Å². The molecule has 2 heterocycles. The highest BCUT2D eigenvalue weighted by atomic mass is 16.6. The number of hydrogen-bond donors (Lipinski definition) is 0. The molecule has 0 unspecified atom stereocenters. The number of amides is 1. The van der Waals surface area contributed by atoms with Crippen molar-refractivity contribution in [2.75, 3.05) is 72.0 Å². The van der Waals surface area contributed by atoms with E-state index < -0.39 is 0 Å². The van der Waals surface area contributed by atoms with Gasteiger partial charge in [-0.15, -0.1) is 0 Å². The van der Waals surface area contributed by atoms with Gasteiger partial charge in [-0.05, 0) is 38.4 Å². The average Bonchev–Trinajstić information content (AvgIpc) is 2.79. The second kappa shape index (κ2) is 12.2. The largest absolute Gasteiger partial charge is 0.445 e. The number of piperazine rings is 1. The first-order valence-corrected chi connectivity index (χ1v) is 11.4. The molecule has 6 heteroatoms. The standard InChI is InChI=1S/C23H38N4O2/c1-2-27(23(28)29-21-22-9-5-3-6-10-22)20-19-26-17-15-25(16-18-26)14-13-24-11-7-4-8-12-24/h3,5-6,9-10H,2,4,7-8,11-21H2,1H3. The van der Waals surface area contributed by atoms with Crippen molar-refractivity contribution in [1.29, 1.82) is 0 Å². The minimum Gasteiger partial charge on any atom is -0.445 e. The molecular formula is C23H38N4O2. The smallest absolute Gasteiger partial charge is 0.410 e. The summed E-state index contributed by atoms with van der Waals surface area (Å²) in [5, 5.41) is 0. The van der Waals surface area contributed by atoms with Crippen LogP contribution in [0.1, 0.15) is 31.7 Å². The number of carbonyl (C=O) groups is 1. The number of nitrogens with zero attached hydrogens (tertiary/aromatic N) is 4. The molecule has 0 atom stereocenters. The van der Waals surface area contributed by atoms with Gasteiger partial charge >= 0.3 is 6.09 Å². The number of likely N-dealkylation sites (tertiary alicyclic amines) is 1. The number of piperidine rings is 1. The van der Waals surface area contributed by atoms with Crippen LogP contribution in [-0.4, -0.2) is 97.7 Å². The van der Waals surface area contributed by atoms with E-state index in [1.807, 2.05) is 42.2 Å². The SMILES string of the molecule is CCN(CCN1CCN(CCN2CCCCC2)CC1)C(=O)OCc1ccccc1. The molecule has 0 aromatic heterocycles. The molecular weight excluding hydrogens is 364 g/mol. The van der Waals surface area contributed by atoms with Crippen molar-refractivity contribution in [3.05, 3.63) is 35.9 Å². The summed E-state index contributed by atoms with van der Waals surface area (Å²) >= 11 is 0. The van der Waals surface area contributed by atoms with Crippen LogP contribution in [0.2, 0.25) is 0 Å². The Balaban J connectivity index is 1.30. The number of likely N-dealkylation sites (N-methyl/N-ethyl adjacent to an activating group) is 1. The van der Waals surface area contributed by atoms with E-state index in [2.05, 4.69) is 14.7 Å². The molecule has 1 aromatic carbocycles. The number of rotatable bonds is 9. The fraction of sp³-hybridized carbons (Fsp3) is 0.696. The fourth-order valence-electron chi connectivity index (χ4n) is 4.15. The Morgan fingerprint density at radius 2 is 1.45 bits per heavy atom. The summed E-state index contributed by atoms with van der Waals surface area (Å²) in [5.74, 6) is 0. The first-order chi connectivity index (χ1) is 14.2. The molecule has 1 amide bonds. The molecule has 6 nitrogen and oxygen atoms in total. The molecule has 29 heavy (non-hydrogen) atoms. The summed E-state index contributed by atoms with van der Waals surface area (Å²) in [6.45, 7) is 14.1. The van der Waals surface area contributed by atoms with Crippen molar-refractivity contribution in [3.63, 3.8) is 0 Å². The first-order valence-electron chi connectivity index (χ1n) is 11.4. The van der Waals surface area contributed by atoms with Crippen molar-refractivity contribution in [2.45, 2.75) is 32.8 Å². The van der Waals surface area contributed by atoms with E-state index in [1.54, 1.807) is 0 Å². The van der Waals surface area contributed by atoms with Crippen LogP contribution < -0.4 is 0 Å². The van der Waals surface area contributed by atoms with Crippen molar-refractivity contribution < 1.29 is 9.53 Å². The third-order valence-corrected chi connectivity index (χ3v) is 6.18. The molecule has 0 spiro atoms. The van der Waals surface area contributed by atoms with E-state index in [4.69, 9.17) is 4.74 Å². The first kappa shape index (κ1) is 22.1. The Morgan fingerprint density at radius 3 is 2.07 bits per heavy atom. The minimum atomic E-state index is -0.212. The lowest BCUT2D eigenvalue weighted by Crippen LogP contribution is -2.50. The van der Waals surface area contributed by atoms with E-state index in [1.165, 1.54) is 45.4 Å². The van der Waals surface area contributed by atoms with Crippen molar-refractivity contribution in [1.82, 2.24) is 19.6 Å². The Morgan fingerprint density at radius 1 is 0.862 bits per heavy atom. The minimum absolute atomic E-state index is 0.212. The van der Waals surface area contributed by atoms with Crippen LogP contribution in [-0.2, 0) is 11.3 Å². The van der Waals surface area contributed by atoms with Gasteiger partial charge in [0.1, 0.15) is 6.61 Å². The van der Waals surface area contributed by atoms with Crippen LogP contribution in [0.15, 0.2) is 30.3 Å². The fourth-order valence-corrected chi connectivity index (χ4v) is 4.15. The monoisotopic (exact) mass is 402 g/mol. The van der Waals surface area contributed by atoms with Gasteiger partial charge in [-0.1, -0.05) is 36.8 Å². The Labute approximate surface area is 176 Å². The second-order valence-electron chi connectivity index (χ2n) is 8.21. The molecule has 2 aliphatic rings. The third-order valence-electron chi connectivity index (χ3n) is 6.18. The van der Waals surface area contributed by atoms with Gasteiger partial charge in [-0.2, -0.15) is 0 Å². The van der Waals surface area contributed by atoms with E-state index in [0.29, 0.717) is 13.2 Å². The van der Waals surface area contributed by atoms with Gasteiger partial charge in [0.25, 0.3) is 0 Å². The van der Waals surface area contributed by atoms with Crippen molar-refractivity contribution >= 4 is 6.09 Å². The van der Waals surface area contributed by atoms with Gasteiger partial charge in [-0.25, -0.2) is 4.79 Å². The Hall–Kier alpha value is -1.63. The average molecular weight is 403 g/mol. The number of hydrogen-bond acceptors (Lipinski definition) is 5. The zero-order valence-electron chi connectivity index (χ0n) is 18.1. The Kier molecular flexibility index (Phi) is 9.25. The summed E-state index contributed by atoms with van der Waals surface area (Å²) < 4.78 is 5.48. The summed E-state index contributed by atoms with van der Waals surface area (Å²) in [6.07, 6.45) is 3.94. The Bertz CT molecular complexity index is 584. The molecule has 0 bridgehead atoms. The van der Waals surface area contributed by atoms with Gasteiger partial charge in [-0.3, -0.25) is 9.80 Å². The van der Waals surface area contributed by atoms with Gasteiger partial charge in [0.15, 0.2) is 0 Å². The molecule has 0 aliphatic carbocycles. The van der Waals surface area contributed by atoms with Crippen LogP contribution in [0.25, 0.3) is 0 Å². The predicted octanol–water partition coefficient (Wildman–Crippen LogP) is 2.75. The number of benzene rings is 1. The van der Waals surface area contributed by atoms with Crippen molar-refractivity contribution in [2.24, 2.45) is 0 Å². The predicted molar refractivity (Wildman–Crippen MR) is 117 cm³/mol. The van der Waals surface area contributed by atoms with E-state index >= 15 is 0 Å². The molecule has 0 N–H and O–H groups in total. The van der Waals surface area contributed by atoms with Gasteiger partial charge in [0, 0.05) is 58.9 Å². The lowest BCUT2D eigenvalue weighted by atomic mass is 10.1. The van der Waals surface area contributed by atoms with Crippen LogP contribution in [0, 0.1) is 0 Å². The maximum Gasteiger partial charge on any atom is 0.410 e. The normalized spacial score (nSPS) is 19.2. The summed E-state index contributed by atoms with van der Waals surface area (Å²) in [7, 11) is 0. The van der Waals surface area contributed by atoms with Crippen LogP contribution in [0.4, 0.5) is 4.79 Å². The van der Waals surface area contributed by atoms with Crippen LogP contribution in [0.3, 0.4) is 0 Å². The maximum absolute atomic E-state index is 12.4. The molecule has 2 aliphatic heterocycles. The topological polar surface area (TPSA) is 39.3 Å². The highest BCUT2D eigenvalue weighted by Gasteiger charge is 2.20. The van der Waals surface area contributed by atoms with Gasteiger partial charge < -0.3 is 14.5 Å². The maximum atomic E-state index is 12.4. The van der Waals surface area contributed by atoms with E-state index in [-0.39, 0.29) is 6.09 Å². The second-order valence-corrected chi connectivity index (χ2v) is 8.21. The zero-order valence-corrected chi connectivity index (χ0v) is 18.1.